The van der Waals surface area contributed by atoms with Crippen LogP contribution >= 0.6 is 0 Å². The van der Waals surface area contributed by atoms with Gasteiger partial charge in [-0.25, -0.2) is 9.31 Å². The van der Waals surface area contributed by atoms with E-state index in [1.807, 2.05) is 6.20 Å². The Morgan fingerprint density at radius 3 is 2.68 bits per heavy atom. The van der Waals surface area contributed by atoms with Crippen molar-refractivity contribution in [2.75, 3.05) is 37.6 Å². The number of carbonyl (C=O) groups is 2. The third-order valence-electron chi connectivity index (χ3n) is 6.30. The van der Waals surface area contributed by atoms with E-state index in [-0.39, 0.29) is 11.9 Å². The minimum Gasteiger partial charge on any atom is -0.297 e. The zero-order valence-corrected chi connectivity index (χ0v) is 19.0. The first kappa shape index (κ1) is 21.8. The molecule has 0 saturated carbocycles. The van der Waals surface area contributed by atoms with Gasteiger partial charge in [-0.3, -0.25) is 24.8 Å². The lowest BCUT2D eigenvalue weighted by molar-refractivity contribution is -0.120. The molecule has 2 fully saturated rings. The highest BCUT2D eigenvalue weighted by atomic mass is 16.2. The van der Waals surface area contributed by atoms with Crippen LogP contribution in [0.3, 0.4) is 0 Å². The van der Waals surface area contributed by atoms with Gasteiger partial charge in [-0.15, -0.1) is 0 Å². The molecule has 4 rings (SSSR count). The molecule has 2 aromatic heterocycles. The number of pyridine rings is 1. The highest BCUT2D eigenvalue weighted by Crippen LogP contribution is 2.25. The van der Waals surface area contributed by atoms with Crippen molar-refractivity contribution in [3.63, 3.8) is 0 Å². The van der Waals surface area contributed by atoms with Crippen molar-refractivity contribution >= 4 is 23.1 Å². The molecule has 2 aliphatic heterocycles. The number of amides is 3. The third kappa shape index (κ3) is 4.75. The van der Waals surface area contributed by atoms with E-state index in [9.17, 15) is 9.59 Å². The second kappa shape index (κ2) is 8.96. The second-order valence-corrected chi connectivity index (χ2v) is 9.58. The van der Waals surface area contributed by atoms with Crippen molar-refractivity contribution in [3.05, 3.63) is 30.1 Å². The van der Waals surface area contributed by atoms with E-state index in [1.54, 1.807) is 15.6 Å². The van der Waals surface area contributed by atoms with Crippen LogP contribution in [-0.2, 0) is 11.3 Å². The minimum absolute atomic E-state index is 0.227. The molecule has 1 N–H and O–H groups in total. The van der Waals surface area contributed by atoms with Crippen LogP contribution in [0.4, 0.5) is 10.5 Å². The minimum atomic E-state index is -0.377. The Morgan fingerprint density at radius 1 is 1.16 bits per heavy atom. The number of rotatable bonds is 6. The van der Waals surface area contributed by atoms with E-state index < -0.39 is 0 Å². The van der Waals surface area contributed by atoms with E-state index in [2.05, 4.69) is 60.0 Å². The van der Waals surface area contributed by atoms with Gasteiger partial charge in [0.25, 0.3) is 0 Å². The SMILES string of the molecule is CC(C)CN1CCN(Cc2ccn3ncc(N4CCC(=O)NC4=O)c3c2)CC1C(C)C. The van der Waals surface area contributed by atoms with Gasteiger partial charge in [-0.05, 0) is 29.5 Å². The van der Waals surface area contributed by atoms with Crippen LogP contribution in [0, 0.1) is 11.8 Å². The zero-order chi connectivity index (χ0) is 22.1. The highest BCUT2D eigenvalue weighted by molar-refractivity contribution is 6.07. The first-order chi connectivity index (χ1) is 14.8. The first-order valence-electron chi connectivity index (χ1n) is 11.4. The molecule has 168 valence electrons. The maximum Gasteiger partial charge on any atom is 0.328 e. The van der Waals surface area contributed by atoms with E-state index in [4.69, 9.17) is 0 Å². The summed E-state index contributed by atoms with van der Waals surface area (Å²) in [6, 6.07) is 4.42. The van der Waals surface area contributed by atoms with E-state index in [1.165, 1.54) is 5.56 Å². The van der Waals surface area contributed by atoms with Crippen molar-refractivity contribution in [3.8, 4) is 0 Å². The van der Waals surface area contributed by atoms with E-state index >= 15 is 0 Å². The van der Waals surface area contributed by atoms with Crippen LogP contribution in [-0.4, -0.2) is 70.1 Å². The number of nitrogens with zero attached hydrogens (tertiary/aromatic N) is 5. The molecule has 0 radical (unpaired) electrons. The van der Waals surface area contributed by atoms with Gasteiger partial charge in [0.2, 0.25) is 5.91 Å². The molecule has 8 nitrogen and oxygen atoms in total. The molecule has 0 bridgehead atoms. The summed E-state index contributed by atoms with van der Waals surface area (Å²) in [6.07, 6.45) is 3.96. The molecule has 3 amide bonds. The van der Waals surface area contributed by atoms with Gasteiger partial charge in [0.15, 0.2) is 0 Å². The number of imide groups is 1. The molecule has 2 saturated heterocycles. The quantitative estimate of drug-likeness (QED) is 0.769. The summed E-state index contributed by atoms with van der Waals surface area (Å²) in [4.78, 5) is 30.6. The van der Waals surface area contributed by atoms with Gasteiger partial charge < -0.3 is 0 Å². The molecule has 2 aliphatic rings. The van der Waals surface area contributed by atoms with E-state index in [0.717, 1.165) is 43.9 Å². The normalized spacial score (nSPS) is 21.5. The first-order valence-corrected chi connectivity index (χ1v) is 11.4. The molecule has 8 heteroatoms. The number of carbonyl (C=O) groups excluding carboxylic acids is 2. The number of fused-ring (bicyclic) bond motifs is 1. The number of aromatic nitrogens is 2. The smallest absolute Gasteiger partial charge is 0.297 e. The Bertz CT molecular complexity index is 953. The average molecular weight is 427 g/mol. The highest BCUT2D eigenvalue weighted by Gasteiger charge is 2.30. The zero-order valence-electron chi connectivity index (χ0n) is 19.0. The molecule has 1 atom stereocenters. The number of piperazine rings is 1. The molecule has 0 aliphatic carbocycles. The Hall–Kier alpha value is -2.45. The van der Waals surface area contributed by atoms with Gasteiger partial charge in [0.1, 0.15) is 0 Å². The van der Waals surface area contributed by atoms with Crippen molar-refractivity contribution < 1.29 is 9.59 Å². The molecular weight excluding hydrogens is 392 g/mol. The second-order valence-electron chi connectivity index (χ2n) is 9.58. The van der Waals surface area contributed by atoms with Crippen LogP contribution in [0.15, 0.2) is 24.5 Å². The Kier molecular flexibility index (Phi) is 6.29. The molecule has 1 unspecified atom stereocenters. The van der Waals surface area contributed by atoms with Crippen LogP contribution in [0.1, 0.15) is 39.7 Å². The summed E-state index contributed by atoms with van der Waals surface area (Å²) in [6.45, 7) is 14.9. The largest absolute Gasteiger partial charge is 0.328 e. The average Bonchev–Trinajstić information content (AvgIpc) is 3.11. The summed E-state index contributed by atoms with van der Waals surface area (Å²) in [5.74, 6) is 1.07. The van der Waals surface area contributed by atoms with Crippen LogP contribution < -0.4 is 10.2 Å². The number of urea groups is 1. The van der Waals surface area contributed by atoms with E-state index in [0.29, 0.717) is 30.8 Å². The Morgan fingerprint density at radius 2 is 1.97 bits per heavy atom. The van der Waals surface area contributed by atoms with Crippen LogP contribution in [0.5, 0.6) is 0 Å². The summed E-state index contributed by atoms with van der Waals surface area (Å²) < 4.78 is 1.79. The number of anilines is 1. The Labute approximate surface area is 184 Å². The fourth-order valence-corrected chi connectivity index (χ4v) is 4.75. The maximum atomic E-state index is 12.3. The predicted octanol–water partition coefficient (Wildman–Crippen LogP) is 2.58. The lowest BCUT2D eigenvalue weighted by Crippen LogP contribution is -2.55. The predicted molar refractivity (Wildman–Crippen MR) is 121 cm³/mol. The fourth-order valence-electron chi connectivity index (χ4n) is 4.75. The lowest BCUT2D eigenvalue weighted by atomic mass is 9.98. The van der Waals surface area contributed by atoms with Gasteiger partial charge in [0.05, 0.1) is 17.4 Å². The molecular formula is C23H34N6O2. The standard InChI is InChI=1S/C23H34N6O2/c1-16(2)13-27-10-9-26(15-21(27)17(3)4)14-18-5-8-29-19(11-18)20(12-24-29)28-7-6-22(30)25-23(28)31/h5,8,11-12,16-17,21H,6-7,9-10,13-15H2,1-4H3,(H,25,30,31). The number of nitrogens with one attached hydrogen (secondary N) is 1. The van der Waals surface area contributed by atoms with Crippen LogP contribution in [0.2, 0.25) is 0 Å². The Balaban J connectivity index is 1.50. The van der Waals surface area contributed by atoms with Gasteiger partial charge in [0, 0.05) is 57.9 Å². The lowest BCUT2D eigenvalue weighted by Gasteiger charge is -2.44. The van der Waals surface area contributed by atoms with Crippen molar-refractivity contribution in [2.45, 2.75) is 46.7 Å². The summed E-state index contributed by atoms with van der Waals surface area (Å²) in [5.41, 5.74) is 2.84. The number of hydrogen-bond donors (Lipinski definition) is 1. The van der Waals surface area contributed by atoms with Crippen molar-refractivity contribution in [2.24, 2.45) is 11.8 Å². The maximum absolute atomic E-state index is 12.3. The van der Waals surface area contributed by atoms with Crippen molar-refractivity contribution in [1.29, 1.82) is 0 Å². The topological polar surface area (TPSA) is 73.2 Å². The number of hydrogen-bond acceptors (Lipinski definition) is 5. The van der Waals surface area contributed by atoms with Gasteiger partial charge in [-0.1, -0.05) is 27.7 Å². The molecule has 4 heterocycles. The molecule has 0 spiro atoms. The van der Waals surface area contributed by atoms with Gasteiger partial charge >= 0.3 is 6.03 Å². The van der Waals surface area contributed by atoms with Crippen molar-refractivity contribution in [1.82, 2.24) is 24.7 Å². The summed E-state index contributed by atoms with van der Waals surface area (Å²) in [5, 5.41) is 6.79. The summed E-state index contributed by atoms with van der Waals surface area (Å²) >= 11 is 0. The van der Waals surface area contributed by atoms with Crippen LogP contribution in [0.25, 0.3) is 5.52 Å². The molecule has 31 heavy (non-hydrogen) atoms. The fraction of sp³-hybridized carbons (Fsp3) is 0.609. The van der Waals surface area contributed by atoms with Gasteiger partial charge in [-0.2, -0.15) is 5.10 Å². The third-order valence-corrected chi connectivity index (χ3v) is 6.30. The molecule has 0 aromatic carbocycles. The summed E-state index contributed by atoms with van der Waals surface area (Å²) in [7, 11) is 0. The monoisotopic (exact) mass is 426 g/mol. The molecule has 2 aromatic rings.